The molecule has 1 saturated heterocycles. The molecular formula is C17H22N4O3. The van der Waals surface area contributed by atoms with Crippen molar-refractivity contribution in [3.05, 3.63) is 47.6 Å². The minimum Gasteiger partial charge on any atom is -0.376 e. The molecule has 7 heteroatoms. The largest absolute Gasteiger partial charge is 0.376 e. The highest BCUT2D eigenvalue weighted by molar-refractivity contribution is 5.89. The van der Waals surface area contributed by atoms with Crippen molar-refractivity contribution >= 4 is 5.91 Å². The highest BCUT2D eigenvalue weighted by Crippen LogP contribution is 2.14. The Labute approximate surface area is 141 Å². The lowest BCUT2D eigenvalue weighted by atomic mass is 10.1. The Bertz CT molecular complexity index is 659. The van der Waals surface area contributed by atoms with Crippen LogP contribution in [0.2, 0.25) is 0 Å². The Kier molecular flexibility index (Phi) is 5.55. The molecule has 0 spiro atoms. The molecule has 7 nitrogen and oxygen atoms in total. The van der Waals surface area contributed by atoms with Crippen molar-refractivity contribution in [1.29, 1.82) is 0 Å². The molecule has 0 radical (unpaired) electrons. The van der Waals surface area contributed by atoms with Gasteiger partial charge >= 0.3 is 0 Å². The first-order valence-electron chi connectivity index (χ1n) is 8.17. The van der Waals surface area contributed by atoms with Crippen molar-refractivity contribution in [3.63, 3.8) is 0 Å². The predicted octanol–water partition coefficient (Wildman–Crippen LogP) is 1.26. The number of hydrogen-bond acceptors (Lipinski definition) is 6. The zero-order valence-corrected chi connectivity index (χ0v) is 13.8. The number of nitrogens with zero attached hydrogens (tertiary/aromatic N) is 3. The van der Waals surface area contributed by atoms with Crippen LogP contribution in [0.5, 0.6) is 0 Å². The summed E-state index contributed by atoms with van der Waals surface area (Å²) in [4.78, 5) is 17.8. The van der Waals surface area contributed by atoms with Crippen LogP contribution in [0.15, 0.2) is 34.9 Å². The van der Waals surface area contributed by atoms with Gasteiger partial charge in [0, 0.05) is 20.1 Å². The van der Waals surface area contributed by atoms with Gasteiger partial charge in [-0.05, 0) is 18.4 Å². The topological polar surface area (TPSA) is 80.5 Å². The van der Waals surface area contributed by atoms with Crippen LogP contribution in [0.3, 0.4) is 0 Å². The molecular weight excluding hydrogens is 308 g/mol. The van der Waals surface area contributed by atoms with E-state index in [1.54, 1.807) is 0 Å². The van der Waals surface area contributed by atoms with Crippen LogP contribution >= 0.6 is 0 Å². The summed E-state index contributed by atoms with van der Waals surface area (Å²) in [5.74, 6) is 0.186. The first-order valence-corrected chi connectivity index (χ1v) is 8.17. The Morgan fingerprint density at radius 3 is 3.00 bits per heavy atom. The van der Waals surface area contributed by atoms with Gasteiger partial charge in [-0.2, -0.15) is 4.98 Å². The van der Waals surface area contributed by atoms with Crippen LogP contribution < -0.4 is 5.32 Å². The number of morpholine rings is 1. The van der Waals surface area contributed by atoms with Gasteiger partial charge < -0.3 is 14.6 Å². The molecule has 0 saturated carbocycles. The number of carbonyl (C=O) groups is 1. The van der Waals surface area contributed by atoms with E-state index in [1.165, 1.54) is 12.6 Å². The Morgan fingerprint density at radius 2 is 2.21 bits per heavy atom. The number of nitrogens with one attached hydrogen (secondary N) is 1. The molecule has 1 aliphatic rings. The summed E-state index contributed by atoms with van der Waals surface area (Å²) in [6, 6.07) is 10.4. The van der Waals surface area contributed by atoms with E-state index < -0.39 is 0 Å². The first kappa shape index (κ1) is 16.6. The molecule has 3 rings (SSSR count). The third-order valence-electron chi connectivity index (χ3n) is 4.08. The van der Waals surface area contributed by atoms with Gasteiger partial charge in [0.2, 0.25) is 5.89 Å². The second-order valence-electron chi connectivity index (χ2n) is 5.84. The molecule has 2 heterocycles. The average molecular weight is 330 g/mol. The number of aryl methyl sites for hydroxylation is 1. The summed E-state index contributed by atoms with van der Waals surface area (Å²) in [7, 11) is 1.54. The van der Waals surface area contributed by atoms with Crippen LogP contribution in [0.25, 0.3) is 0 Å². The molecule has 0 unspecified atom stereocenters. The number of aromatic nitrogens is 2. The Hall–Kier alpha value is -2.25. The quantitative estimate of drug-likeness (QED) is 0.859. The van der Waals surface area contributed by atoms with Gasteiger partial charge in [0.1, 0.15) is 0 Å². The molecule has 1 fully saturated rings. The summed E-state index contributed by atoms with van der Waals surface area (Å²) in [6.07, 6.45) is 2.18. The molecule has 1 aromatic heterocycles. The number of carbonyl (C=O) groups excluding carboxylic acids is 1. The molecule has 1 aliphatic heterocycles. The highest BCUT2D eigenvalue weighted by atomic mass is 16.5. The van der Waals surface area contributed by atoms with Gasteiger partial charge in [-0.1, -0.05) is 35.5 Å². The van der Waals surface area contributed by atoms with Gasteiger partial charge in [0.05, 0.1) is 19.3 Å². The fourth-order valence-corrected chi connectivity index (χ4v) is 2.79. The standard InChI is InChI=1S/C17H22N4O3/c1-18-17(22)16-19-15(24-20-16)12-21-9-10-23-14(11-21)8-7-13-5-3-2-4-6-13/h2-6,14H,7-12H2,1H3,(H,18,22)/t14-/m0/s1. The Balaban J connectivity index is 1.50. The van der Waals surface area contributed by atoms with Gasteiger partial charge in [0.15, 0.2) is 0 Å². The van der Waals surface area contributed by atoms with E-state index in [0.29, 0.717) is 19.0 Å². The van der Waals surface area contributed by atoms with Crippen LogP contribution in [0.4, 0.5) is 0 Å². The first-order chi connectivity index (χ1) is 11.7. The van der Waals surface area contributed by atoms with E-state index in [0.717, 1.165) is 25.9 Å². The van der Waals surface area contributed by atoms with E-state index in [2.05, 4.69) is 44.6 Å². The smallest absolute Gasteiger partial charge is 0.292 e. The molecule has 2 aromatic rings. The third-order valence-corrected chi connectivity index (χ3v) is 4.08. The number of rotatable bonds is 6. The Morgan fingerprint density at radius 1 is 1.38 bits per heavy atom. The molecule has 24 heavy (non-hydrogen) atoms. The van der Waals surface area contributed by atoms with Crippen molar-refractivity contribution in [2.45, 2.75) is 25.5 Å². The maximum Gasteiger partial charge on any atom is 0.292 e. The molecule has 1 N–H and O–H groups in total. The van der Waals surface area contributed by atoms with E-state index >= 15 is 0 Å². The second-order valence-corrected chi connectivity index (χ2v) is 5.84. The van der Waals surface area contributed by atoms with Crippen molar-refractivity contribution in [1.82, 2.24) is 20.4 Å². The van der Waals surface area contributed by atoms with E-state index in [9.17, 15) is 4.79 Å². The molecule has 0 aliphatic carbocycles. The van der Waals surface area contributed by atoms with Crippen LogP contribution in [-0.4, -0.2) is 53.8 Å². The maximum atomic E-state index is 11.5. The summed E-state index contributed by atoms with van der Waals surface area (Å²) in [5.41, 5.74) is 1.32. The molecule has 0 bridgehead atoms. The minimum atomic E-state index is -0.340. The second kappa shape index (κ2) is 8.03. The monoisotopic (exact) mass is 330 g/mol. The summed E-state index contributed by atoms with van der Waals surface area (Å²) in [5, 5.41) is 6.17. The number of amides is 1. The van der Waals surface area contributed by atoms with E-state index in [-0.39, 0.29) is 17.8 Å². The molecule has 128 valence electrons. The lowest BCUT2D eigenvalue weighted by Crippen LogP contribution is -2.42. The lowest BCUT2D eigenvalue weighted by molar-refractivity contribution is -0.0371. The van der Waals surface area contributed by atoms with Crippen molar-refractivity contribution in [2.75, 3.05) is 26.7 Å². The average Bonchev–Trinajstić information content (AvgIpc) is 3.09. The van der Waals surface area contributed by atoms with Gasteiger partial charge in [-0.25, -0.2) is 0 Å². The fourth-order valence-electron chi connectivity index (χ4n) is 2.79. The van der Waals surface area contributed by atoms with Gasteiger partial charge in [-0.3, -0.25) is 9.69 Å². The van der Waals surface area contributed by atoms with Crippen molar-refractivity contribution in [3.8, 4) is 0 Å². The molecule has 1 amide bonds. The lowest BCUT2D eigenvalue weighted by Gasteiger charge is -2.32. The van der Waals surface area contributed by atoms with Crippen molar-refractivity contribution < 1.29 is 14.1 Å². The minimum absolute atomic E-state index is 0.0707. The third kappa shape index (κ3) is 4.39. The van der Waals surface area contributed by atoms with E-state index in [1.807, 2.05) is 6.07 Å². The summed E-state index contributed by atoms with van der Waals surface area (Å²) < 4.78 is 11.0. The van der Waals surface area contributed by atoms with Crippen LogP contribution in [0, 0.1) is 0 Å². The number of benzene rings is 1. The molecule has 1 atom stereocenters. The van der Waals surface area contributed by atoms with Crippen molar-refractivity contribution in [2.24, 2.45) is 0 Å². The predicted molar refractivity (Wildman–Crippen MR) is 87.5 cm³/mol. The normalized spacial score (nSPS) is 18.5. The fraction of sp³-hybridized carbons (Fsp3) is 0.471. The zero-order chi connectivity index (χ0) is 16.8. The van der Waals surface area contributed by atoms with Crippen LogP contribution in [0.1, 0.15) is 28.5 Å². The van der Waals surface area contributed by atoms with Crippen LogP contribution in [-0.2, 0) is 17.7 Å². The maximum absolute atomic E-state index is 11.5. The van der Waals surface area contributed by atoms with E-state index in [4.69, 9.17) is 9.26 Å². The summed E-state index contributed by atoms with van der Waals surface area (Å²) >= 11 is 0. The number of hydrogen-bond donors (Lipinski definition) is 1. The highest BCUT2D eigenvalue weighted by Gasteiger charge is 2.23. The van der Waals surface area contributed by atoms with Gasteiger partial charge in [0.25, 0.3) is 11.7 Å². The SMILES string of the molecule is CNC(=O)c1noc(CN2CCO[C@@H](CCc3ccccc3)C2)n1. The molecule has 1 aromatic carbocycles. The summed E-state index contributed by atoms with van der Waals surface area (Å²) in [6.45, 7) is 2.87. The van der Waals surface area contributed by atoms with Gasteiger partial charge in [-0.15, -0.1) is 0 Å². The number of ether oxygens (including phenoxy) is 1. The zero-order valence-electron chi connectivity index (χ0n) is 13.8.